The van der Waals surface area contributed by atoms with Crippen molar-refractivity contribution < 1.29 is 9.53 Å². The molecule has 1 aromatic heterocycles. The summed E-state index contributed by atoms with van der Waals surface area (Å²) in [5, 5.41) is 5.34. The number of thiazole rings is 1. The van der Waals surface area contributed by atoms with Crippen LogP contribution in [0.1, 0.15) is 32.9 Å². The lowest BCUT2D eigenvalue weighted by Gasteiger charge is -2.19. The first-order valence-corrected chi connectivity index (χ1v) is 6.83. The average Bonchev–Trinajstić information content (AvgIpc) is 2.86. The average molecular weight is 269 g/mol. The molecule has 18 heavy (non-hydrogen) atoms. The van der Waals surface area contributed by atoms with Crippen molar-refractivity contribution in [3.05, 3.63) is 11.1 Å². The molecule has 3 N–H and O–H groups in total. The Bertz CT molecular complexity index is 444. The van der Waals surface area contributed by atoms with Gasteiger partial charge in [-0.15, -0.1) is 11.3 Å². The second kappa shape index (κ2) is 4.60. The summed E-state index contributed by atoms with van der Waals surface area (Å²) in [5.41, 5.74) is 6.03. The van der Waals surface area contributed by atoms with Gasteiger partial charge in [-0.05, 0) is 6.42 Å². The van der Waals surface area contributed by atoms with Crippen molar-refractivity contribution in [3.63, 3.8) is 0 Å². The van der Waals surface area contributed by atoms with Crippen LogP contribution in [-0.2, 0) is 14.9 Å². The SMILES string of the molecule is CC(C)(C)c1csc(NC(=O)C2(N)CCOC2)n1. The molecular weight excluding hydrogens is 250 g/mol. The maximum absolute atomic E-state index is 12.0. The molecule has 100 valence electrons. The van der Waals surface area contributed by atoms with Gasteiger partial charge >= 0.3 is 0 Å². The van der Waals surface area contributed by atoms with Crippen molar-refractivity contribution in [3.8, 4) is 0 Å². The molecule has 1 fully saturated rings. The molecule has 6 heteroatoms. The van der Waals surface area contributed by atoms with E-state index in [2.05, 4.69) is 31.1 Å². The van der Waals surface area contributed by atoms with Gasteiger partial charge in [-0.1, -0.05) is 20.8 Å². The number of hydrogen-bond acceptors (Lipinski definition) is 5. The van der Waals surface area contributed by atoms with E-state index in [1.807, 2.05) is 5.38 Å². The lowest BCUT2D eigenvalue weighted by molar-refractivity contribution is -0.121. The molecule has 1 unspecified atom stereocenters. The minimum absolute atomic E-state index is 0.0175. The van der Waals surface area contributed by atoms with E-state index >= 15 is 0 Å². The highest BCUT2D eigenvalue weighted by Gasteiger charge is 2.38. The van der Waals surface area contributed by atoms with E-state index in [0.717, 1.165) is 5.69 Å². The smallest absolute Gasteiger partial charge is 0.248 e. The summed E-state index contributed by atoms with van der Waals surface area (Å²) < 4.78 is 5.18. The van der Waals surface area contributed by atoms with Gasteiger partial charge in [-0.25, -0.2) is 4.98 Å². The fourth-order valence-corrected chi connectivity index (χ4v) is 2.59. The third kappa shape index (κ3) is 2.71. The van der Waals surface area contributed by atoms with Crippen LogP contribution in [0.3, 0.4) is 0 Å². The summed E-state index contributed by atoms with van der Waals surface area (Å²) >= 11 is 1.42. The predicted octanol–water partition coefficient (Wildman–Crippen LogP) is 1.50. The van der Waals surface area contributed by atoms with Crippen molar-refractivity contribution in [2.45, 2.75) is 38.1 Å². The molecular formula is C12H19N3O2S. The Hall–Kier alpha value is -0.980. The molecule has 2 heterocycles. The zero-order valence-electron chi connectivity index (χ0n) is 10.9. The lowest BCUT2D eigenvalue weighted by atomic mass is 9.93. The van der Waals surface area contributed by atoms with E-state index in [9.17, 15) is 4.79 Å². The molecule has 1 aliphatic heterocycles. The van der Waals surface area contributed by atoms with Gasteiger partial charge < -0.3 is 15.8 Å². The summed E-state index contributed by atoms with van der Waals surface area (Å²) in [7, 11) is 0. The summed E-state index contributed by atoms with van der Waals surface area (Å²) in [6.07, 6.45) is 0.552. The van der Waals surface area contributed by atoms with E-state index in [-0.39, 0.29) is 17.9 Å². The Labute approximate surface area is 111 Å². The number of ether oxygens (including phenoxy) is 1. The van der Waals surface area contributed by atoms with Crippen molar-refractivity contribution in [2.75, 3.05) is 18.5 Å². The fourth-order valence-electron chi connectivity index (χ4n) is 1.66. The summed E-state index contributed by atoms with van der Waals surface area (Å²) in [4.78, 5) is 16.5. The highest BCUT2D eigenvalue weighted by atomic mass is 32.1. The molecule has 0 aromatic carbocycles. The van der Waals surface area contributed by atoms with Crippen LogP contribution in [0.15, 0.2) is 5.38 Å². The van der Waals surface area contributed by atoms with Gasteiger partial charge in [0.1, 0.15) is 5.54 Å². The van der Waals surface area contributed by atoms with E-state index in [1.54, 1.807) is 0 Å². The number of rotatable bonds is 2. The van der Waals surface area contributed by atoms with Crippen molar-refractivity contribution in [2.24, 2.45) is 5.73 Å². The first kappa shape index (κ1) is 13.5. The number of carbonyl (C=O) groups is 1. The molecule has 0 aliphatic carbocycles. The molecule has 1 atom stereocenters. The number of anilines is 1. The largest absolute Gasteiger partial charge is 0.379 e. The second-order valence-electron chi connectivity index (χ2n) is 5.70. The van der Waals surface area contributed by atoms with Gasteiger partial charge in [0, 0.05) is 17.4 Å². The highest BCUT2D eigenvalue weighted by molar-refractivity contribution is 7.14. The van der Waals surface area contributed by atoms with E-state index in [1.165, 1.54) is 11.3 Å². The van der Waals surface area contributed by atoms with E-state index in [0.29, 0.717) is 18.2 Å². The molecule has 1 amide bonds. The zero-order chi connectivity index (χ0) is 13.4. The number of nitrogens with one attached hydrogen (secondary N) is 1. The van der Waals surface area contributed by atoms with Crippen LogP contribution in [0, 0.1) is 0 Å². The van der Waals surface area contributed by atoms with E-state index < -0.39 is 5.54 Å². The predicted molar refractivity (Wildman–Crippen MR) is 71.8 cm³/mol. The van der Waals surface area contributed by atoms with Crippen LogP contribution in [0.25, 0.3) is 0 Å². The van der Waals surface area contributed by atoms with Crippen LogP contribution >= 0.6 is 11.3 Å². The van der Waals surface area contributed by atoms with Gasteiger partial charge in [0.15, 0.2) is 5.13 Å². The van der Waals surface area contributed by atoms with Crippen molar-refractivity contribution in [1.29, 1.82) is 0 Å². The van der Waals surface area contributed by atoms with Crippen molar-refractivity contribution >= 4 is 22.4 Å². The number of nitrogens with zero attached hydrogens (tertiary/aromatic N) is 1. The van der Waals surface area contributed by atoms with Crippen LogP contribution in [0.4, 0.5) is 5.13 Å². The second-order valence-corrected chi connectivity index (χ2v) is 6.56. The standard InChI is InChI=1S/C12H19N3O2S/c1-11(2,3)8-6-18-10(14-8)15-9(16)12(13)4-5-17-7-12/h6H,4-5,7,13H2,1-3H3,(H,14,15,16). The van der Waals surface area contributed by atoms with Crippen LogP contribution in [-0.4, -0.2) is 29.6 Å². The van der Waals surface area contributed by atoms with Gasteiger partial charge in [-0.3, -0.25) is 4.79 Å². The molecule has 0 bridgehead atoms. The first-order chi connectivity index (χ1) is 8.31. The van der Waals surface area contributed by atoms with Gasteiger partial charge in [0.05, 0.1) is 12.3 Å². The highest BCUT2D eigenvalue weighted by Crippen LogP contribution is 2.27. The van der Waals surface area contributed by atoms with Crippen LogP contribution in [0.5, 0.6) is 0 Å². The number of carbonyl (C=O) groups excluding carboxylic acids is 1. The maximum atomic E-state index is 12.0. The molecule has 1 aliphatic rings. The topological polar surface area (TPSA) is 77.2 Å². The Kier molecular flexibility index (Phi) is 3.44. The Balaban J connectivity index is 2.06. The normalized spacial score (nSPS) is 24.2. The Morgan fingerprint density at radius 2 is 2.33 bits per heavy atom. The maximum Gasteiger partial charge on any atom is 0.248 e. The van der Waals surface area contributed by atoms with Gasteiger partial charge in [0.25, 0.3) is 0 Å². The molecule has 0 radical (unpaired) electrons. The monoisotopic (exact) mass is 269 g/mol. The number of aromatic nitrogens is 1. The Morgan fingerprint density at radius 3 is 2.83 bits per heavy atom. The fraction of sp³-hybridized carbons (Fsp3) is 0.667. The number of hydrogen-bond donors (Lipinski definition) is 2. The van der Waals surface area contributed by atoms with Crippen LogP contribution < -0.4 is 11.1 Å². The molecule has 2 rings (SSSR count). The molecule has 0 spiro atoms. The summed E-state index contributed by atoms with van der Waals surface area (Å²) in [6, 6.07) is 0. The van der Waals surface area contributed by atoms with Crippen LogP contribution in [0.2, 0.25) is 0 Å². The Morgan fingerprint density at radius 1 is 1.61 bits per heavy atom. The number of amides is 1. The molecule has 1 aromatic rings. The first-order valence-electron chi connectivity index (χ1n) is 5.95. The zero-order valence-corrected chi connectivity index (χ0v) is 11.8. The third-order valence-corrected chi connectivity index (χ3v) is 3.76. The van der Waals surface area contributed by atoms with E-state index in [4.69, 9.17) is 10.5 Å². The number of nitrogens with two attached hydrogens (primary N) is 1. The molecule has 5 nitrogen and oxygen atoms in total. The quantitative estimate of drug-likeness (QED) is 0.853. The summed E-state index contributed by atoms with van der Waals surface area (Å²) in [6.45, 7) is 7.07. The minimum atomic E-state index is -0.909. The molecule has 1 saturated heterocycles. The van der Waals surface area contributed by atoms with Gasteiger partial charge in [-0.2, -0.15) is 0 Å². The minimum Gasteiger partial charge on any atom is -0.379 e. The summed E-state index contributed by atoms with van der Waals surface area (Å²) in [5.74, 6) is -0.213. The third-order valence-electron chi connectivity index (χ3n) is 3.00. The lowest BCUT2D eigenvalue weighted by Crippen LogP contribution is -2.51. The van der Waals surface area contributed by atoms with Crippen molar-refractivity contribution in [1.82, 2.24) is 4.98 Å². The molecule has 0 saturated carbocycles. The van der Waals surface area contributed by atoms with Gasteiger partial charge in [0.2, 0.25) is 5.91 Å².